The van der Waals surface area contributed by atoms with Crippen molar-refractivity contribution in [3.63, 3.8) is 0 Å². The lowest BCUT2D eigenvalue weighted by Crippen LogP contribution is -2.28. The third-order valence-corrected chi connectivity index (χ3v) is 4.71. The SMILES string of the molecule is CCN1C(=O)/C(=C/c2ccccc2O)S/C1=N/c1nccs1. The number of amides is 1. The lowest BCUT2D eigenvalue weighted by atomic mass is 10.2. The van der Waals surface area contributed by atoms with Crippen molar-refractivity contribution in [2.24, 2.45) is 4.99 Å². The van der Waals surface area contributed by atoms with E-state index in [1.165, 1.54) is 23.1 Å². The second-order valence-electron chi connectivity index (χ2n) is 4.43. The molecule has 2 aromatic rings. The number of amidine groups is 1. The Labute approximate surface area is 136 Å². The molecule has 1 aromatic heterocycles. The number of aliphatic imine (C=N–C) groups is 1. The van der Waals surface area contributed by atoms with Gasteiger partial charge in [-0.3, -0.25) is 9.69 Å². The van der Waals surface area contributed by atoms with E-state index < -0.39 is 0 Å². The van der Waals surface area contributed by atoms with Crippen molar-refractivity contribution in [3.8, 4) is 5.75 Å². The smallest absolute Gasteiger partial charge is 0.266 e. The minimum atomic E-state index is -0.106. The van der Waals surface area contributed by atoms with Crippen molar-refractivity contribution in [2.45, 2.75) is 6.92 Å². The number of aromatic hydroxyl groups is 1. The number of benzene rings is 1. The largest absolute Gasteiger partial charge is 0.507 e. The van der Waals surface area contributed by atoms with Crippen LogP contribution in [0.2, 0.25) is 0 Å². The average molecular weight is 331 g/mol. The van der Waals surface area contributed by atoms with E-state index in [0.29, 0.717) is 27.3 Å². The van der Waals surface area contributed by atoms with Crippen LogP contribution in [0.15, 0.2) is 45.7 Å². The first-order valence-electron chi connectivity index (χ1n) is 6.66. The van der Waals surface area contributed by atoms with Crippen molar-refractivity contribution in [3.05, 3.63) is 46.3 Å². The summed E-state index contributed by atoms with van der Waals surface area (Å²) in [5, 5.41) is 12.9. The number of hydrogen-bond acceptors (Lipinski definition) is 6. The van der Waals surface area contributed by atoms with E-state index in [0.717, 1.165) is 0 Å². The number of hydrogen-bond donors (Lipinski definition) is 1. The van der Waals surface area contributed by atoms with Crippen molar-refractivity contribution in [2.75, 3.05) is 6.54 Å². The van der Waals surface area contributed by atoms with E-state index in [2.05, 4.69) is 9.98 Å². The number of nitrogens with zero attached hydrogens (tertiary/aromatic N) is 3. The number of phenols is 1. The first-order valence-corrected chi connectivity index (χ1v) is 8.36. The van der Waals surface area contributed by atoms with Crippen LogP contribution in [0.4, 0.5) is 5.13 Å². The van der Waals surface area contributed by atoms with Crippen molar-refractivity contribution < 1.29 is 9.90 Å². The monoisotopic (exact) mass is 331 g/mol. The summed E-state index contributed by atoms with van der Waals surface area (Å²) in [6.45, 7) is 2.44. The number of carbonyl (C=O) groups excluding carboxylic acids is 1. The summed E-state index contributed by atoms with van der Waals surface area (Å²) in [7, 11) is 0. The summed E-state index contributed by atoms with van der Waals surface area (Å²) in [4.78, 5) is 23.1. The lowest BCUT2D eigenvalue weighted by Gasteiger charge is -2.11. The number of carbonyl (C=O) groups is 1. The number of aromatic nitrogens is 1. The van der Waals surface area contributed by atoms with Gasteiger partial charge >= 0.3 is 0 Å². The van der Waals surface area contributed by atoms with Crippen LogP contribution in [0.5, 0.6) is 5.75 Å². The molecule has 1 aromatic carbocycles. The highest BCUT2D eigenvalue weighted by molar-refractivity contribution is 8.18. The molecule has 0 spiro atoms. The van der Waals surface area contributed by atoms with Gasteiger partial charge in [0, 0.05) is 23.7 Å². The van der Waals surface area contributed by atoms with Gasteiger partial charge in [-0.1, -0.05) is 18.2 Å². The summed E-state index contributed by atoms with van der Waals surface area (Å²) in [6.07, 6.45) is 3.37. The van der Waals surface area contributed by atoms with Crippen LogP contribution in [0.1, 0.15) is 12.5 Å². The molecular weight excluding hydrogens is 318 g/mol. The van der Waals surface area contributed by atoms with Crippen LogP contribution < -0.4 is 0 Å². The van der Waals surface area contributed by atoms with E-state index in [1.807, 2.05) is 18.4 Å². The molecule has 22 heavy (non-hydrogen) atoms. The average Bonchev–Trinajstić information content (AvgIpc) is 3.11. The van der Waals surface area contributed by atoms with Gasteiger partial charge in [0.25, 0.3) is 5.91 Å². The van der Waals surface area contributed by atoms with E-state index in [-0.39, 0.29) is 11.7 Å². The van der Waals surface area contributed by atoms with Crippen LogP contribution >= 0.6 is 23.1 Å². The quantitative estimate of drug-likeness (QED) is 0.875. The second kappa shape index (κ2) is 6.33. The van der Waals surface area contributed by atoms with E-state index in [9.17, 15) is 9.90 Å². The molecule has 2 heterocycles. The van der Waals surface area contributed by atoms with Crippen molar-refractivity contribution in [1.82, 2.24) is 9.88 Å². The molecule has 0 aliphatic carbocycles. The first kappa shape index (κ1) is 14.8. The predicted molar refractivity (Wildman–Crippen MR) is 90.3 cm³/mol. The van der Waals surface area contributed by atoms with E-state index in [1.54, 1.807) is 35.4 Å². The standard InChI is InChI=1S/C15H13N3O2S2/c1-2-18-13(20)12(9-10-5-3-4-6-11(10)19)22-15(18)17-14-16-7-8-21-14/h3-9,19H,2H2,1H3/b12-9-,17-15+. The topological polar surface area (TPSA) is 65.8 Å². The van der Waals surface area contributed by atoms with Crippen LogP contribution in [0.25, 0.3) is 6.08 Å². The molecule has 1 aliphatic rings. The van der Waals surface area contributed by atoms with Crippen LogP contribution in [0.3, 0.4) is 0 Å². The van der Waals surface area contributed by atoms with Gasteiger partial charge in [-0.15, -0.1) is 11.3 Å². The summed E-state index contributed by atoms with van der Waals surface area (Å²) < 4.78 is 0. The van der Waals surface area contributed by atoms with Gasteiger partial charge in [-0.2, -0.15) is 4.99 Å². The number of thiazole rings is 1. The fourth-order valence-corrected chi connectivity index (χ4v) is 3.57. The number of rotatable bonds is 3. The minimum absolute atomic E-state index is 0.106. The highest BCUT2D eigenvalue weighted by Gasteiger charge is 2.32. The molecule has 0 saturated carbocycles. The highest BCUT2D eigenvalue weighted by atomic mass is 32.2. The van der Waals surface area contributed by atoms with E-state index >= 15 is 0 Å². The molecular formula is C15H13N3O2S2. The molecule has 5 nitrogen and oxygen atoms in total. The molecule has 112 valence electrons. The van der Waals surface area contributed by atoms with E-state index in [4.69, 9.17) is 0 Å². The zero-order valence-corrected chi connectivity index (χ0v) is 13.4. The summed E-state index contributed by atoms with van der Waals surface area (Å²) in [5.41, 5.74) is 0.616. The maximum Gasteiger partial charge on any atom is 0.266 e. The maximum absolute atomic E-state index is 12.4. The van der Waals surface area contributed by atoms with Crippen molar-refractivity contribution in [1.29, 1.82) is 0 Å². The molecule has 7 heteroatoms. The zero-order valence-electron chi connectivity index (χ0n) is 11.8. The Morgan fingerprint density at radius 2 is 2.23 bits per heavy atom. The molecule has 0 bridgehead atoms. The number of thioether (sulfide) groups is 1. The highest BCUT2D eigenvalue weighted by Crippen LogP contribution is 2.35. The number of para-hydroxylation sites is 1. The summed E-state index contributed by atoms with van der Waals surface area (Å²) in [5.74, 6) is 0.0443. The predicted octanol–water partition coefficient (Wildman–Crippen LogP) is 3.47. The Hall–Kier alpha value is -2.12. The van der Waals surface area contributed by atoms with Gasteiger partial charge in [-0.25, -0.2) is 4.98 Å². The van der Waals surface area contributed by atoms with Crippen LogP contribution in [-0.4, -0.2) is 32.6 Å². The Kier molecular flexibility index (Phi) is 4.26. The molecule has 1 amide bonds. The Bertz CT molecular complexity index is 754. The fourth-order valence-electron chi connectivity index (χ4n) is 1.97. The van der Waals surface area contributed by atoms with Gasteiger partial charge in [0.15, 0.2) is 5.17 Å². The molecule has 3 rings (SSSR count). The number of phenolic OH excluding ortho intramolecular Hbond substituents is 1. The molecule has 1 N–H and O–H groups in total. The summed E-state index contributed by atoms with van der Waals surface area (Å²) in [6, 6.07) is 6.92. The Morgan fingerprint density at radius 3 is 2.91 bits per heavy atom. The van der Waals surface area contributed by atoms with Gasteiger partial charge in [-0.05, 0) is 30.8 Å². The Balaban J connectivity index is 1.95. The fraction of sp³-hybridized carbons (Fsp3) is 0.133. The molecule has 0 atom stereocenters. The van der Waals surface area contributed by atoms with Gasteiger partial charge in [0.1, 0.15) is 5.75 Å². The molecule has 1 aliphatic heterocycles. The molecule has 1 fully saturated rings. The van der Waals surface area contributed by atoms with Gasteiger partial charge < -0.3 is 5.11 Å². The van der Waals surface area contributed by atoms with Gasteiger partial charge in [0.05, 0.1) is 4.91 Å². The Morgan fingerprint density at radius 1 is 1.41 bits per heavy atom. The third kappa shape index (κ3) is 2.90. The lowest BCUT2D eigenvalue weighted by molar-refractivity contribution is -0.122. The van der Waals surface area contributed by atoms with Crippen LogP contribution in [-0.2, 0) is 4.79 Å². The summed E-state index contributed by atoms with van der Waals surface area (Å²) >= 11 is 2.72. The zero-order chi connectivity index (χ0) is 15.5. The first-order chi connectivity index (χ1) is 10.7. The number of likely N-dealkylation sites (N-methyl/N-ethyl adjacent to an activating group) is 1. The van der Waals surface area contributed by atoms with Gasteiger partial charge in [0.2, 0.25) is 5.13 Å². The normalized spacial score (nSPS) is 18.6. The van der Waals surface area contributed by atoms with Crippen molar-refractivity contribution >= 4 is 45.4 Å². The third-order valence-electron chi connectivity index (χ3n) is 3.04. The molecule has 1 saturated heterocycles. The minimum Gasteiger partial charge on any atom is -0.507 e. The maximum atomic E-state index is 12.4. The molecule has 0 unspecified atom stereocenters. The second-order valence-corrected chi connectivity index (χ2v) is 6.31. The van der Waals surface area contributed by atoms with Crippen LogP contribution in [0, 0.1) is 0 Å². The molecule has 0 radical (unpaired) electrons.